The molecular formula is C23H26N2O3. The quantitative estimate of drug-likeness (QED) is 0.690. The van der Waals surface area contributed by atoms with Crippen molar-refractivity contribution in [2.45, 2.75) is 25.0 Å². The van der Waals surface area contributed by atoms with Gasteiger partial charge in [0.2, 0.25) is 0 Å². The molecule has 2 heterocycles. The highest BCUT2D eigenvalue weighted by Crippen LogP contribution is 2.36. The molecule has 5 nitrogen and oxygen atoms in total. The Morgan fingerprint density at radius 3 is 2.68 bits per heavy atom. The Bertz CT molecular complexity index is 908. The Morgan fingerprint density at radius 1 is 1.07 bits per heavy atom. The van der Waals surface area contributed by atoms with Gasteiger partial charge in [-0.05, 0) is 35.7 Å². The first-order valence-corrected chi connectivity index (χ1v) is 9.84. The van der Waals surface area contributed by atoms with Crippen LogP contribution in [0.2, 0.25) is 0 Å². The molecule has 0 aliphatic carbocycles. The first kappa shape index (κ1) is 18.9. The van der Waals surface area contributed by atoms with E-state index in [4.69, 9.17) is 4.74 Å². The van der Waals surface area contributed by atoms with E-state index in [1.807, 2.05) is 42.6 Å². The van der Waals surface area contributed by atoms with E-state index in [1.165, 1.54) is 0 Å². The summed E-state index contributed by atoms with van der Waals surface area (Å²) < 4.78 is 6.07. The van der Waals surface area contributed by atoms with E-state index < -0.39 is 6.10 Å². The molecule has 1 atom stereocenters. The number of hydrogen-bond acceptors (Lipinski definition) is 5. The number of ether oxygens (including phenoxy) is 1. The molecule has 1 fully saturated rings. The number of aliphatic hydroxyl groups excluding tert-OH is 2. The fourth-order valence-electron chi connectivity index (χ4n) is 3.82. The molecule has 2 N–H and O–H groups in total. The van der Waals surface area contributed by atoms with Gasteiger partial charge in [0.05, 0.1) is 6.10 Å². The molecule has 0 saturated carbocycles. The third-order valence-corrected chi connectivity index (χ3v) is 5.30. The van der Waals surface area contributed by atoms with E-state index in [-0.39, 0.29) is 12.7 Å². The summed E-state index contributed by atoms with van der Waals surface area (Å²) in [6.45, 7) is 2.41. The summed E-state index contributed by atoms with van der Waals surface area (Å²) >= 11 is 0. The van der Waals surface area contributed by atoms with Crippen molar-refractivity contribution in [3.8, 4) is 16.9 Å². The Kier molecular flexibility index (Phi) is 5.86. The fourth-order valence-corrected chi connectivity index (χ4v) is 3.82. The van der Waals surface area contributed by atoms with Crippen LogP contribution in [0.15, 0.2) is 60.9 Å². The molecule has 0 spiro atoms. The van der Waals surface area contributed by atoms with Crippen LogP contribution in [-0.2, 0) is 0 Å². The summed E-state index contributed by atoms with van der Waals surface area (Å²) in [6, 6.07) is 16.2. The number of rotatable bonds is 6. The monoisotopic (exact) mass is 378 g/mol. The maximum absolute atomic E-state index is 10.5. The van der Waals surface area contributed by atoms with E-state index in [0.29, 0.717) is 6.54 Å². The van der Waals surface area contributed by atoms with Crippen molar-refractivity contribution in [1.82, 2.24) is 9.88 Å². The van der Waals surface area contributed by atoms with Gasteiger partial charge in [-0.2, -0.15) is 0 Å². The second-order valence-corrected chi connectivity index (χ2v) is 7.40. The van der Waals surface area contributed by atoms with Gasteiger partial charge in [0.15, 0.2) is 0 Å². The van der Waals surface area contributed by atoms with Crippen LogP contribution in [0.5, 0.6) is 5.75 Å². The van der Waals surface area contributed by atoms with Gasteiger partial charge in [0, 0.05) is 43.2 Å². The smallest absolute Gasteiger partial charge is 0.127 e. The van der Waals surface area contributed by atoms with Gasteiger partial charge in [-0.15, -0.1) is 0 Å². The Morgan fingerprint density at radius 2 is 1.89 bits per heavy atom. The maximum Gasteiger partial charge on any atom is 0.127 e. The average Bonchev–Trinajstić information content (AvgIpc) is 2.74. The third kappa shape index (κ3) is 4.33. The van der Waals surface area contributed by atoms with E-state index in [0.717, 1.165) is 53.6 Å². The van der Waals surface area contributed by atoms with Crippen molar-refractivity contribution in [2.75, 3.05) is 26.2 Å². The zero-order chi connectivity index (χ0) is 19.3. The van der Waals surface area contributed by atoms with Crippen molar-refractivity contribution in [1.29, 1.82) is 0 Å². The standard InChI is InChI=1S/C23H26N2O3/c26-19-9-12-25(13-10-19)15-20(27)16-28-22-8-7-17-4-1-2-6-21(17)23(22)18-5-3-11-24-14-18/h1-8,11,14,19-20,26-27H,9-10,12-13,15-16H2. The number of β-amino-alcohol motifs (C(OH)–C–C–N with tert-alkyl or cyclic N) is 1. The van der Waals surface area contributed by atoms with Crippen LogP contribution < -0.4 is 4.74 Å². The molecule has 0 radical (unpaired) electrons. The van der Waals surface area contributed by atoms with Crippen molar-refractivity contribution in [3.05, 3.63) is 60.9 Å². The molecule has 0 bridgehead atoms. The lowest BCUT2D eigenvalue weighted by molar-refractivity contribution is 0.0339. The van der Waals surface area contributed by atoms with Gasteiger partial charge in [0.25, 0.3) is 0 Å². The molecule has 4 rings (SSSR count). The number of likely N-dealkylation sites (tertiary alicyclic amines) is 1. The van der Waals surface area contributed by atoms with Crippen molar-refractivity contribution in [3.63, 3.8) is 0 Å². The molecule has 5 heteroatoms. The van der Waals surface area contributed by atoms with Crippen LogP contribution in [0.3, 0.4) is 0 Å². The van der Waals surface area contributed by atoms with Gasteiger partial charge in [-0.25, -0.2) is 0 Å². The number of nitrogens with zero attached hydrogens (tertiary/aromatic N) is 2. The number of pyridine rings is 1. The number of hydrogen-bond donors (Lipinski definition) is 2. The molecule has 1 aromatic heterocycles. The Hall–Kier alpha value is -2.47. The van der Waals surface area contributed by atoms with Crippen molar-refractivity contribution in [2.24, 2.45) is 0 Å². The molecule has 1 aliphatic rings. The predicted molar refractivity (Wildman–Crippen MR) is 110 cm³/mol. The number of benzene rings is 2. The van der Waals surface area contributed by atoms with Gasteiger partial charge in [0.1, 0.15) is 18.5 Å². The molecule has 146 valence electrons. The third-order valence-electron chi connectivity index (χ3n) is 5.30. The van der Waals surface area contributed by atoms with Gasteiger partial charge >= 0.3 is 0 Å². The summed E-state index contributed by atoms with van der Waals surface area (Å²) in [5.41, 5.74) is 1.99. The van der Waals surface area contributed by atoms with E-state index in [2.05, 4.69) is 22.0 Å². The topological polar surface area (TPSA) is 65.8 Å². The SMILES string of the molecule is OC1CCN(CC(O)COc2ccc3ccccc3c2-c2cccnc2)CC1. The van der Waals surface area contributed by atoms with Crippen LogP contribution in [-0.4, -0.2) is 58.5 Å². The number of aromatic nitrogens is 1. The first-order chi connectivity index (χ1) is 13.7. The Labute approximate surface area is 165 Å². The summed E-state index contributed by atoms with van der Waals surface area (Å²) in [6.07, 6.45) is 4.35. The minimum atomic E-state index is -0.580. The molecule has 3 aromatic rings. The highest BCUT2D eigenvalue weighted by atomic mass is 16.5. The summed E-state index contributed by atoms with van der Waals surface area (Å²) in [5, 5.41) is 22.3. The lowest BCUT2D eigenvalue weighted by Crippen LogP contribution is -2.41. The van der Waals surface area contributed by atoms with Crippen LogP contribution in [0.25, 0.3) is 21.9 Å². The average molecular weight is 378 g/mol. The van der Waals surface area contributed by atoms with Crippen LogP contribution in [0.4, 0.5) is 0 Å². The minimum absolute atomic E-state index is 0.204. The zero-order valence-corrected chi connectivity index (χ0v) is 15.9. The van der Waals surface area contributed by atoms with Gasteiger partial charge in [-0.3, -0.25) is 4.98 Å². The summed E-state index contributed by atoms with van der Waals surface area (Å²) in [7, 11) is 0. The predicted octanol–water partition coefficient (Wildman–Crippen LogP) is 3.10. The van der Waals surface area contributed by atoms with E-state index in [9.17, 15) is 10.2 Å². The number of piperidine rings is 1. The highest BCUT2D eigenvalue weighted by Gasteiger charge is 2.20. The number of fused-ring (bicyclic) bond motifs is 1. The lowest BCUT2D eigenvalue weighted by atomic mass is 9.98. The van der Waals surface area contributed by atoms with Gasteiger partial charge in [-0.1, -0.05) is 36.4 Å². The normalized spacial score (nSPS) is 16.9. The minimum Gasteiger partial charge on any atom is -0.490 e. The summed E-state index contributed by atoms with van der Waals surface area (Å²) in [4.78, 5) is 6.44. The molecule has 0 amide bonds. The van der Waals surface area contributed by atoms with E-state index in [1.54, 1.807) is 6.20 Å². The Balaban J connectivity index is 1.52. The molecule has 2 aromatic carbocycles. The molecule has 28 heavy (non-hydrogen) atoms. The van der Waals surface area contributed by atoms with Crippen LogP contribution >= 0.6 is 0 Å². The number of aliphatic hydroxyl groups is 2. The molecule has 1 unspecified atom stereocenters. The lowest BCUT2D eigenvalue weighted by Gasteiger charge is -2.31. The fraction of sp³-hybridized carbons (Fsp3) is 0.348. The highest BCUT2D eigenvalue weighted by molar-refractivity contribution is 5.99. The second kappa shape index (κ2) is 8.69. The summed E-state index contributed by atoms with van der Waals surface area (Å²) in [5.74, 6) is 0.750. The van der Waals surface area contributed by atoms with E-state index >= 15 is 0 Å². The van der Waals surface area contributed by atoms with Crippen molar-refractivity contribution < 1.29 is 14.9 Å². The molecule has 1 saturated heterocycles. The van der Waals surface area contributed by atoms with Gasteiger partial charge < -0.3 is 19.8 Å². The zero-order valence-electron chi connectivity index (χ0n) is 15.9. The first-order valence-electron chi connectivity index (χ1n) is 9.84. The molecule has 1 aliphatic heterocycles. The molecular weight excluding hydrogens is 352 g/mol. The van der Waals surface area contributed by atoms with Crippen LogP contribution in [0, 0.1) is 0 Å². The maximum atomic E-state index is 10.5. The largest absolute Gasteiger partial charge is 0.490 e. The van der Waals surface area contributed by atoms with Crippen LogP contribution in [0.1, 0.15) is 12.8 Å². The van der Waals surface area contributed by atoms with Crippen molar-refractivity contribution >= 4 is 10.8 Å². The second-order valence-electron chi connectivity index (χ2n) is 7.40.